The van der Waals surface area contributed by atoms with Crippen molar-refractivity contribution >= 4 is 27.5 Å². The SMILES string of the molecule is CNC(c1cc(F)ccc1F)c1ccc(Cl)cc1Br. The van der Waals surface area contributed by atoms with E-state index in [1.54, 1.807) is 25.2 Å². The van der Waals surface area contributed by atoms with E-state index >= 15 is 0 Å². The maximum Gasteiger partial charge on any atom is 0.128 e. The third kappa shape index (κ3) is 3.14. The predicted molar refractivity (Wildman–Crippen MR) is 76.4 cm³/mol. The summed E-state index contributed by atoms with van der Waals surface area (Å²) in [4.78, 5) is 0. The summed E-state index contributed by atoms with van der Waals surface area (Å²) in [6.07, 6.45) is 0. The lowest BCUT2D eigenvalue weighted by Gasteiger charge is -2.19. The molecule has 100 valence electrons. The standard InChI is InChI=1S/C14H11BrClF2N/c1-19-14(10-4-2-8(16)6-12(10)15)11-7-9(17)3-5-13(11)18/h2-7,14,19H,1H3. The van der Waals surface area contributed by atoms with E-state index in [1.165, 1.54) is 6.07 Å². The zero-order valence-electron chi connectivity index (χ0n) is 10.1. The zero-order valence-corrected chi connectivity index (χ0v) is 12.4. The first-order valence-electron chi connectivity index (χ1n) is 5.60. The first-order valence-corrected chi connectivity index (χ1v) is 6.77. The van der Waals surface area contributed by atoms with Gasteiger partial charge in [0.05, 0.1) is 6.04 Å². The summed E-state index contributed by atoms with van der Waals surface area (Å²) >= 11 is 9.27. The van der Waals surface area contributed by atoms with Gasteiger partial charge in [0.1, 0.15) is 11.6 Å². The van der Waals surface area contributed by atoms with Crippen molar-refractivity contribution in [3.8, 4) is 0 Å². The summed E-state index contributed by atoms with van der Waals surface area (Å²) in [5, 5.41) is 3.56. The van der Waals surface area contributed by atoms with Crippen molar-refractivity contribution < 1.29 is 8.78 Å². The Kier molecular flexibility index (Phi) is 4.55. The minimum absolute atomic E-state index is 0.255. The molecule has 2 aromatic rings. The second-order valence-corrected chi connectivity index (χ2v) is 5.34. The summed E-state index contributed by atoms with van der Waals surface area (Å²) in [6, 6.07) is 8.17. The third-order valence-electron chi connectivity index (χ3n) is 2.83. The molecule has 0 aliphatic carbocycles. The van der Waals surface area contributed by atoms with Crippen LogP contribution in [-0.2, 0) is 0 Å². The summed E-state index contributed by atoms with van der Waals surface area (Å²) in [5.74, 6) is -0.927. The van der Waals surface area contributed by atoms with E-state index in [1.807, 2.05) is 0 Å². The fourth-order valence-electron chi connectivity index (χ4n) is 1.95. The number of hydrogen-bond donors (Lipinski definition) is 1. The number of benzene rings is 2. The van der Waals surface area contributed by atoms with Crippen LogP contribution in [0.4, 0.5) is 8.78 Å². The smallest absolute Gasteiger partial charge is 0.128 e. The minimum atomic E-state index is -0.471. The van der Waals surface area contributed by atoms with Crippen molar-refractivity contribution in [3.05, 3.63) is 68.7 Å². The molecule has 0 aromatic heterocycles. The largest absolute Gasteiger partial charge is 0.309 e. The van der Waals surface area contributed by atoms with Crippen LogP contribution in [0.25, 0.3) is 0 Å². The molecule has 19 heavy (non-hydrogen) atoms. The Balaban J connectivity index is 2.52. The van der Waals surface area contributed by atoms with Crippen LogP contribution in [0.15, 0.2) is 40.9 Å². The molecule has 2 aromatic carbocycles. The Morgan fingerprint density at radius 2 is 1.84 bits per heavy atom. The van der Waals surface area contributed by atoms with Crippen molar-refractivity contribution in [2.24, 2.45) is 0 Å². The van der Waals surface area contributed by atoms with Gasteiger partial charge >= 0.3 is 0 Å². The first kappa shape index (κ1) is 14.4. The average Bonchev–Trinajstić information content (AvgIpc) is 2.36. The second kappa shape index (κ2) is 5.99. The lowest BCUT2D eigenvalue weighted by molar-refractivity contribution is 0.557. The lowest BCUT2D eigenvalue weighted by atomic mass is 9.98. The van der Waals surface area contributed by atoms with Gasteiger partial charge in [0.25, 0.3) is 0 Å². The van der Waals surface area contributed by atoms with Crippen LogP contribution in [0.2, 0.25) is 5.02 Å². The molecule has 0 saturated heterocycles. The normalized spacial score (nSPS) is 12.5. The first-order chi connectivity index (χ1) is 9.02. The molecule has 0 saturated carbocycles. The van der Waals surface area contributed by atoms with Gasteiger partial charge < -0.3 is 5.32 Å². The van der Waals surface area contributed by atoms with Crippen molar-refractivity contribution in [2.75, 3.05) is 7.05 Å². The lowest BCUT2D eigenvalue weighted by Crippen LogP contribution is -2.19. The highest BCUT2D eigenvalue weighted by Gasteiger charge is 2.19. The van der Waals surface area contributed by atoms with Gasteiger partial charge in [0, 0.05) is 15.1 Å². The van der Waals surface area contributed by atoms with Gasteiger partial charge in [-0.15, -0.1) is 0 Å². The van der Waals surface area contributed by atoms with Gasteiger partial charge in [-0.3, -0.25) is 0 Å². The summed E-state index contributed by atoms with van der Waals surface area (Å²) < 4.78 is 27.9. The second-order valence-electron chi connectivity index (χ2n) is 4.05. The van der Waals surface area contributed by atoms with Crippen LogP contribution >= 0.6 is 27.5 Å². The molecule has 0 fully saturated rings. The average molecular weight is 347 g/mol. The van der Waals surface area contributed by atoms with E-state index < -0.39 is 17.7 Å². The minimum Gasteiger partial charge on any atom is -0.309 e. The molecule has 0 aliphatic heterocycles. The molecular weight excluding hydrogens is 336 g/mol. The summed E-state index contributed by atoms with van der Waals surface area (Å²) in [6.45, 7) is 0. The van der Waals surface area contributed by atoms with Gasteiger partial charge in [-0.05, 0) is 42.9 Å². The quantitative estimate of drug-likeness (QED) is 0.850. The maximum absolute atomic E-state index is 13.9. The van der Waals surface area contributed by atoms with Crippen molar-refractivity contribution in [3.63, 3.8) is 0 Å². The van der Waals surface area contributed by atoms with Crippen LogP contribution in [0, 0.1) is 11.6 Å². The van der Waals surface area contributed by atoms with Gasteiger partial charge in [-0.1, -0.05) is 33.6 Å². The van der Waals surface area contributed by atoms with Crippen molar-refractivity contribution in [1.29, 1.82) is 0 Å². The molecule has 0 radical (unpaired) electrons. The van der Waals surface area contributed by atoms with Crippen LogP contribution in [0.1, 0.15) is 17.2 Å². The number of halogens is 4. The van der Waals surface area contributed by atoms with Gasteiger partial charge in [0.2, 0.25) is 0 Å². The molecule has 1 unspecified atom stereocenters. The molecule has 0 amide bonds. The Hall–Kier alpha value is -0.970. The fraction of sp³-hybridized carbons (Fsp3) is 0.143. The van der Waals surface area contributed by atoms with E-state index in [9.17, 15) is 8.78 Å². The van der Waals surface area contributed by atoms with E-state index in [4.69, 9.17) is 11.6 Å². The highest BCUT2D eigenvalue weighted by molar-refractivity contribution is 9.10. The molecule has 0 bridgehead atoms. The molecule has 1 nitrogen and oxygen atoms in total. The predicted octanol–water partition coefficient (Wildman–Crippen LogP) is 4.69. The Bertz CT molecular complexity index is 604. The molecule has 0 aliphatic rings. The molecule has 1 N–H and O–H groups in total. The number of rotatable bonds is 3. The Morgan fingerprint density at radius 1 is 1.11 bits per heavy atom. The van der Waals surface area contributed by atoms with Crippen LogP contribution in [-0.4, -0.2) is 7.05 Å². The van der Waals surface area contributed by atoms with Crippen molar-refractivity contribution in [1.82, 2.24) is 5.32 Å². The van der Waals surface area contributed by atoms with E-state index in [0.29, 0.717) is 5.02 Å². The third-order valence-corrected chi connectivity index (χ3v) is 3.75. The van der Waals surface area contributed by atoms with Crippen molar-refractivity contribution in [2.45, 2.75) is 6.04 Å². The van der Waals surface area contributed by atoms with Crippen LogP contribution < -0.4 is 5.32 Å². The van der Waals surface area contributed by atoms with Gasteiger partial charge in [-0.2, -0.15) is 0 Å². The Labute approximate surface area is 123 Å². The summed E-state index contributed by atoms with van der Waals surface area (Å²) in [5.41, 5.74) is 1.04. The van der Waals surface area contributed by atoms with E-state index in [2.05, 4.69) is 21.2 Å². The van der Waals surface area contributed by atoms with Crippen LogP contribution in [0.3, 0.4) is 0 Å². The summed E-state index contributed by atoms with van der Waals surface area (Å²) in [7, 11) is 1.69. The number of nitrogens with one attached hydrogen (secondary N) is 1. The fourth-order valence-corrected chi connectivity index (χ4v) is 2.86. The highest BCUT2D eigenvalue weighted by atomic mass is 79.9. The molecule has 0 heterocycles. The molecule has 1 atom stereocenters. The maximum atomic E-state index is 13.9. The van der Waals surface area contributed by atoms with Gasteiger partial charge in [-0.25, -0.2) is 8.78 Å². The molecule has 2 rings (SSSR count). The monoisotopic (exact) mass is 345 g/mol. The zero-order chi connectivity index (χ0) is 14.0. The van der Waals surface area contributed by atoms with Gasteiger partial charge in [0.15, 0.2) is 0 Å². The topological polar surface area (TPSA) is 12.0 Å². The van der Waals surface area contributed by atoms with Crippen LogP contribution in [0.5, 0.6) is 0 Å². The van der Waals surface area contributed by atoms with E-state index in [-0.39, 0.29) is 5.56 Å². The highest BCUT2D eigenvalue weighted by Crippen LogP contribution is 2.31. The number of hydrogen-bond acceptors (Lipinski definition) is 1. The molecule has 0 spiro atoms. The molecular formula is C14H11BrClF2N. The Morgan fingerprint density at radius 3 is 2.47 bits per heavy atom. The molecule has 5 heteroatoms. The van der Waals surface area contributed by atoms with E-state index in [0.717, 1.165) is 22.2 Å².